The molecule has 9 heteroatoms. The van der Waals surface area contributed by atoms with Gasteiger partial charge in [0, 0.05) is 0 Å². The van der Waals surface area contributed by atoms with E-state index in [0.29, 0.717) is 10.7 Å². The summed E-state index contributed by atoms with van der Waals surface area (Å²) in [6, 6.07) is 4.82. The number of aliphatic hydroxyl groups excluding tert-OH is 5. The maximum Gasteiger partial charge on any atom is 0.119 e. The number of hydrogen-bond donors (Lipinski definition) is 6. The standard InChI is InChI=1S/C12H16Cl2N2O5/c13-6-2-1-3-7(10(6)14)16-15-4-8(18)11(20)12(21)9(19)5-17/h1-4,8-9,11-12,16-21H,5H2/b15-4+/t8-,9-,11-,12-/m1/s1. The van der Waals surface area contributed by atoms with Crippen LogP contribution in [0.5, 0.6) is 0 Å². The van der Waals surface area contributed by atoms with Crippen molar-refractivity contribution in [3.05, 3.63) is 28.2 Å². The number of hydrogen-bond acceptors (Lipinski definition) is 7. The summed E-state index contributed by atoms with van der Waals surface area (Å²) in [5.74, 6) is 0. The molecule has 0 spiro atoms. The lowest BCUT2D eigenvalue weighted by molar-refractivity contribution is -0.0999. The molecule has 7 nitrogen and oxygen atoms in total. The fraction of sp³-hybridized carbons (Fsp3) is 0.417. The predicted molar refractivity (Wildman–Crippen MR) is 79.7 cm³/mol. The van der Waals surface area contributed by atoms with Gasteiger partial charge in [-0.15, -0.1) is 0 Å². The molecule has 118 valence electrons. The summed E-state index contributed by atoms with van der Waals surface area (Å²) in [6.45, 7) is -0.752. The van der Waals surface area contributed by atoms with Crippen LogP contribution in [0.3, 0.4) is 0 Å². The van der Waals surface area contributed by atoms with Gasteiger partial charge in [-0.1, -0.05) is 29.3 Å². The zero-order chi connectivity index (χ0) is 16.0. The molecule has 21 heavy (non-hydrogen) atoms. The number of hydrazone groups is 1. The Morgan fingerprint density at radius 3 is 2.43 bits per heavy atom. The Morgan fingerprint density at radius 2 is 1.81 bits per heavy atom. The summed E-state index contributed by atoms with van der Waals surface area (Å²) in [6.07, 6.45) is -5.65. The lowest BCUT2D eigenvalue weighted by Crippen LogP contribution is -2.46. The van der Waals surface area contributed by atoms with Crippen molar-refractivity contribution < 1.29 is 25.5 Å². The highest BCUT2D eigenvalue weighted by Crippen LogP contribution is 2.29. The first-order valence-corrected chi connectivity index (χ1v) is 6.70. The first kappa shape index (κ1) is 18.1. The number of nitrogens with one attached hydrogen (secondary N) is 1. The maximum absolute atomic E-state index is 9.58. The van der Waals surface area contributed by atoms with Crippen LogP contribution in [-0.2, 0) is 0 Å². The molecule has 0 fully saturated rings. The van der Waals surface area contributed by atoms with Crippen LogP contribution in [0.1, 0.15) is 0 Å². The Balaban J connectivity index is 2.62. The molecule has 1 rings (SSSR count). The third-order valence-corrected chi connectivity index (χ3v) is 3.46. The van der Waals surface area contributed by atoms with Crippen molar-refractivity contribution in [1.82, 2.24) is 0 Å². The molecule has 1 aromatic rings. The molecule has 0 radical (unpaired) electrons. The minimum absolute atomic E-state index is 0.238. The van der Waals surface area contributed by atoms with Crippen LogP contribution in [0, 0.1) is 0 Å². The highest BCUT2D eigenvalue weighted by molar-refractivity contribution is 6.43. The Kier molecular flexibility index (Phi) is 7.33. The number of halogens is 2. The van der Waals surface area contributed by atoms with Gasteiger partial charge in [-0.3, -0.25) is 5.43 Å². The van der Waals surface area contributed by atoms with Gasteiger partial charge in [0.25, 0.3) is 0 Å². The van der Waals surface area contributed by atoms with Crippen LogP contribution >= 0.6 is 23.2 Å². The van der Waals surface area contributed by atoms with Gasteiger partial charge in [-0.05, 0) is 12.1 Å². The lowest BCUT2D eigenvalue weighted by atomic mass is 10.0. The third-order valence-electron chi connectivity index (χ3n) is 2.64. The van der Waals surface area contributed by atoms with E-state index in [1.807, 2.05) is 0 Å². The lowest BCUT2D eigenvalue weighted by Gasteiger charge is -2.23. The van der Waals surface area contributed by atoms with Crippen molar-refractivity contribution in [2.24, 2.45) is 5.10 Å². The summed E-state index contributed by atoms with van der Waals surface area (Å²) < 4.78 is 0. The van der Waals surface area contributed by atoms with Gasteiger partial charge in [0.1, 0.15) is 24.4 Å². The summed E-state index contributed by atoms with van der Waals surface area (Å²) in [7, 11) is 0. The molecule has 0 heterocycles. The molecule has 0 amide bonds. The summed E-state index contributed by atoms with van der Waals surface area (Å²) in [5, 5.41) is 50.5. The van der Waals surface area contributed by atoms with E-state index in [-0.39, 0.29) is 5.02 Å². The highest BCUT2D eigenvalue weighted by atomic mass is 35.5. The molecule has 0 aliphatic heterocycles. The molecule has 0 saturated heterocycles. The number of nitrogens with zero attached hydrogens (tertiary/aromatic N) is 1. The van der Waals surface area contributed by atoms with Gasteiger partial charge in [0.05, 0.1) is 28.6 Å². The molecular weight excluding hydrogens is 323 g/mol. The second kappa shape index (κ2) is 8.50. The van der Waals surface area contributed by atoms with Gasteiger partial charge >= 0.3 is 0 Å². The first-order chi connectivity index (χ1) is 9.88. The number of benzene rings is 1. The van der Waals surface area contributed by atoms with E-state index in [1.165, 1.54) is 0 Å². The van der Waals surface area contributed by atoms with E-state index in [1.54, 1.807) is 18.2 Å². The number of anilines is 1. The van der Waals surface area contributed by atoms with Crippen molar-refractivity contribution in [3.63, 3.8) is 0 Å². The fourth-order valence-corrected chi connectivity index (χ4v) is 1.74. The number of rotatable bonds is 7. The van der Waals surface area contributed by atoms with E-state index in [4.69, 9.17) is 33.4 Å². The van der Waals surface area contributed by atoms with Crippen molar-refractivity contribution >= 4 is 35.1 Å². The second-order valence-electron chi connectivity index (χ2n) is 4.21. The minimum Gasteiger partial charge on any atom is -0.394 e. The monoisotopic (exact) mass is 338 g/mol. The molecule has 1 aromatic carbocycles. The molecular formula is C12H16Cl2N2O5. The number of aliphatic hydroxyl groups is 5. The average Bonchev–Trinajstić information content (AvgIpc) is 2.48. The Labute approximate surface area is 131 Å². The average molecular weight is 339 g/mol. The van der Waals surface area contributed by atoms with Crippen LogP contribution in [0.4, 0.5) is 5.69 Å². The largest absolute Gasteiger partial charge is 0.394 e. The normalized spacial score (nSPS) is 17.5. The van der Waals surface area contributed by atoms with Crippen LogP contribution < -0.4 is 5.43 Å². The smallest absolute Gasteiger partial charge is 0.119 e. The van der Waals surface area contributed by atoms with Crippen LogP contribution in [0.2, 0.25) is 10.0 Å². The summed E-state index contributed by atoms with van der Waals surface area (Å²) in [5.41, 5.74) is 2.90. The molecule has 6 N–H and O–H groups in total. The molecule has 0 aliphatic carbocycles. The Bertz CT molecular complexity index is 489. The van der Waals surface area contributed by atoms with Crippen molar-refractivity contribution in [2.45, 2.75) is 24.4 Å². The predicted octanol–water partition coefficient (Wildman–Crippen LogP) is -0.173. The minimum atomic E-state index is -1.72. The molecule has 0 saturated carbocycles. The van der Waals surface area contributed by atoms with Crippen LogP contribution in [0.15, 0.2) is 23.3 Å². The van der Waals surface area contributed by atoms with Gasteiger partial charge in [-0.25, -0.2) is 0 Å². The SMILES string of the molecule is OC[C@@H](O)[C@@H](O)[C@H](O)[C@H](O)/C=N/Nc1cccc(Cl)c1Cl. The Morgan fingerprint density at radius 1 is 1.14 bits per heavy atom. The molecule has 0 bridgehead atoms. The second-order valence-corrected chi connectivity index (χ2v) is 5.00. The van der Waals surface area contributed by atoms with Gasteiger partial charge < -0.3 is 25.5 Å². The van der Waals surface area contributed by atoms with E-state index in [2.05, 4.69) is 10.5 Å². The quantitative estimate of drug-likeness (QED) is 0.303. The first-order valence-electron chi connectivity index (χ1n) is 5.94. The van der Waals surface area contributed by atoms with Crippen molar-refractivity contribution in [3.8, 4) is 0 Å². The Hall–Kier alpha value is -0.930. The molecule has 0 unspecified atom stereocenters. The molecule has 0 aliphatic rings. The summed E-state index contributed by atoms with van der Waals surface area (Å²) in [4.78, 5) is 0. The zero-order valence-electron chi connectivity index (χ0n) is 10.8. The van der Waals surface area contributed by atoms with E-state index in [9.17, 15) is 15.3 Å². The topological polar surface area (TPSA) is 126 Å². The van der Waals surface area contributed by atoms with E-state index in [0.717, 1.165) is 6.21 Å². The zero-order valence-corrected chi connectivity index (χ0v) is 12.3. The highest BCUT2D eigenvalue weighted by Gasteiger charge is 2.29. The van der Waals surface area contributed by atoms with Crippen LogP contribution in [0.25, 0.3) is 0 Å². The van der Waals surface area contributed by atoms with Gasteiger partial charge in [0.15, 0.2) is 0 Å². The van der Waals surface area contributed by atoms with Gasteiger partial charge in [-0.2, -0.15) is 5.10 Å². The van der Waals surface area contributed by atoms with Crippen molar-refractivity contribution in [2.75, 3.05) is 12.0 Å². The van der Waals surface area contributed by atoms with E-state index < -0.39 is 31.0 Å². The van der Waals surface area contributed by atoms with Crippen molar-refractivity contribution in [1.29, 1.82) is 0 Å². The van der Waals surface area contributed by atoms with Crippen LogP contribution in [-0.4, -0.2) is 62.8 Å². The summed E-state index contributed by atoms with van der Waals surface area (Å²) >= 11 is 11.7. The van der Waals surface area contributed by atoms with E-state index >= 15 is 0 Å². The third kappa shape index (κ3) is 5.08. The molecule has 4 atom stereocenters. The maximum atomic E-state index is 9.58. The fourth-order valence-electron chi connectivity index (χ4n) is 1.40. The van der Waals surface area contributed by atoms with Gasteiger partial charge in [0.2, 0.25) is 0 Å². The molecule has 0 aromatic heterocycles.